The fraction of sp³-hybridized carbons (Fsp3) is 0.250. The summed E-state index contributed by atoms with van der Waals surface area (Å²) in [5.41, 5.74) is 3.86. The molecule has 0 unspecified atom stereocenters. The topological polar surface area (TPSA) is 51.0 Å². The molecule has 126 valence electrons. The van der Waals surface area contributed by atoms with Crippen LogP contribution < -0.4 is 0 Å². The maximum absolute atomic E-state index is 12.7. The second-order valence-corrected chi connectivity index (χ2v) is 6.35. The van der Waals surface area contributed by atoms with Crippen LogP contribution in [0.25, 0.3) is 16.8 Å². The first-order chi connectivity index (χ1) is 12.3. The molecule has 1 aliphatic heterocycles. The highest BCUT2D eigenvalue weighted by Crippen LogP contribution is 2.24. The van der Waals surface area contributed by atoms with Gasteiger partial charge in [-0.1, -0.05) is 24.3 Å². The number of aromatic nitrogens is 3. The molecule has 2 heterocycles. The lowest BCUT2D eigenvalue weighted by molar-refractivity contribution is 0.0724. The zero-order valence-corrected chi connectivity index (χ0v) is 14.0. The van der Waals surface area contributed by atoms with E-state index in [-0.39, 0.29) is 5.91 Å². The minimum atomic E-state index is 0.136. The van der Waals surface area contributed by atoms with E-state index in [2.05, 4.69) is 22.3 Å². The number of hydrogen-bond acceptors (Lipinski definition) is 3. The van der Waals surface area contributed by atoms with E-state index in [1.165, 1.54) is 6.42 Å². The number of piperidine rings is 1. The first-order valence-corrected chi connectivity index (χ1v) is 8.66. The van der Waals surface area contributed by atoms with Gasteiger partial charge in [0, 0.05) is 24.3 Å². The minimum absolute atomic E-state index is 0.136. The summed E-state index contributed by atoms with van der Waals surface area (Å²) in [4.78, 5) is 14.7. The van der Waals surface area contributed by atoms with E-state index in [0.717, 1.165) is 48.3 Å². The molecule has 3 aromatic rings. The predicted octanol–water partition coefficient (Wildman–Crippen LogP) is 3.56. The third kappa shape index (κ3) is 3.31. The maximum atomic E-state index is 12.7. The molecule has 5 nitrogen and oxygen atoms in total. The van der Waals surface area contributed by atoms with Crippen molar-refractivity contribution in [3.63, 3.8) is 0 Å². The van der Waals surface area contributed by atoms with Crippen LogP contribution in [-0.2, 0) is 0 Å². The van der Waals surface area contributed by atoms with Gasteiger partial charge >= 0.3 is 0 Å². The Bertz CT molecular complexity index is 867. The van der Waals surface area contributed by atoms with Gasteiger partial charge in [-0.05, 0) is 54.7 Å². The van der Waals surface area contributed by atoms with Crippen LogP contribution in [-0.4, -0.2) is 38.7 Å². The Balaban J connectivity index is 1.63. The van der Waals surface area contributed by atoms with Gasteiger partial charge in [0.25, 0.3) is 5.91 Å². The van der Waals surface area contributed by atoms with Crippen molar-refractivity contribution in [3.05, 3.63) is 66.7 Å². The van der Waals surface area contributed by atoms with Crippen molar-refractivity contribution in [2.75, 3.05) is 13.1 Å². The molecule has 0 saturated carbocycles. The van der Waals surface area contributed by atoms with Crippen molar-refractivity contribution in [1.82, 2.24) is 19.7 Å². The number of benzene rings is 2. The van der Waals surface area contributed by atoms with Gasteiger partial charge in [0.1, 0.15) is 12.7 Å². The van der Waals surface area contributed by atoms with E-state index in [9.17, 15) is 4.79 Å². The van der Waals surface area contributed by atoms with E-state index >= 15 is 0 Å². The molecule has 1 fully saturated rings. The van der Waals surface area contributed by atoms with Crippen LogP contribution in [0.4, 0.5) is 0 Å². The van der Waals surface area contributed by atoms with Crippen molar-refractivity contribution in [1.29, 1.82) is 0 Å². The van der Waals surface area contributed by atoms with Gasteiger partial charge in [-0.15, -0.1) is 10.2 Å². The second-order valence-electron chi connectivity index (χ2n) is 6.35. The zero-order chi connectivity index (χ0) is 17.1. The number of hydrogen-bond donors (Lipinski definition) is 0. The average molecular weight is 332 g/mol. The quantitative estimate of drug-likeness (QED) is 0.737. The number of likely N-dealkylation sites (tertiary alicyclic amines) is 1. The Morgan fingerprint density at radius 3 is 2.28 bits per heavy atom. The largest absolute Gasteiger partial charge is 0.339 e. The third-order valence-corrected chi connectivity index (χ3v) is 4.65. The van der Waals surface area contributed by atoms with Crippen molar-refractivity contribution in [2.24, 2.45) is 0 Å². The van der Waals surface area contributed by atoms with Gasteiger partial charge in [0.05, 0.1) is 0 Å². The third-order valence-electron chi connectivity index (χ3n) is 4.65. The van der Waals surface area contributed by atoms with Gasteiger partial charge in [-0.2, -0.15) is 0 Å². The lowest BCUT2D eigenvalue weighted by Crippen LogP contribution is -2.35. The van der Waals surface area contributed by atoms with Gasteiger partial charge in [-0.3, -0.25) is 9.36 Å². The predicted molar refractivity (Wildman–Crippen MR) is 96.5 cm³/mol. The fourth-order valence-corrected chi connectivity index (χ4v) is 3.29. The summed E-state index contributed by atoms with van der Waals surface area (Å²) < 4.78 is 1.87. The molecule has 25 heavy (non-hydrogen) atoms. The molecule has 2 aromatic carbocycles. The molecule has 0 aliphatic carbocycles. The first-order valence-electron chi connectivity index (χ1n) is 8.66. The number of carbonyl (C=O) groups excluding carboxylic acids is 1. The number of amides is 1. The Morgan fingerprint density at radius 1 is 0.840 bits per heavy atom. The lowest BCUT2D eigenvalue weighted by atomic mass is 10.0. The Labute approximate surface area is 146 Å². The van der Waals surface area contributed by atoms with Crippen LogP contribution in [0.15, 0.2) is 61.2 Å². The molecule has 0 spiro atoms. The van der Waals surface area contributed by atoms with Crippen LogP contribution in [0.2, 0.25) is 0 Å². The van der Waals surface area contributed by atoms with E-state index in [0.29, 0.717) is 0 Å². The average Bonchev–Trinajstić information content (AvgIpc) is 3.23. The van der Waals surface area contributed by atoms with E-state index in [1.54, 1.807) is 12.7 Å². The number of rotatable bonds is 3. The molecular weight excluding hydrogens is 312 g/mol. The van der Waals surface area contributed by atoms with Crippen LogP contribution in [0.5, 0.6) is 0 Å². The van der Waals surface area contributed by atoms with Crippen molar-refractivity contribution in [2.45, 2.75) is 19.3 Å². The molecule has 4 rings (SSSR count). The van der Waals surface area contributed by atoms with Crippen molar-refractivity contribution >= 4 is 5.91 Å². The minimum Gasteiger partial charge on any atom is -0.339 e. The van der Waals surface area contributed by atoms with Crippen LogP contribution in [0.3, 0.4) is 0 Å². The summed E-state index contributed by atoms with van der Waals surface area (Å²) in [5.74, 6) is 0.136. The maximum Gasteiger partial charge on any atom is 0.253 e. The monoisotopic (exact) mass is 332 g/mol. The van der Waals surface area contributed by atoms with Gasteiger partial charge in [0.15, 0.2) is 0 Å². The number of carbonyl (C=O) groups is 1. The van der Waals surface area contributed by atoms with E-state index < -0.39 is 0 Å². The highest BCUT2D eigenvalue weighted by atomic mass is 16.2. The summed E-state index contributed by atoms with van der Waals surface area (Å²) in [6.45, 7) is 1.73. The summed E-state index contributed by atoms with van der Waals surface area (Å²) >= 11 is 0. The Hall–Kier alpha value is -2.95. The van der Waals surface area contributed by atoms with Crippen molar-refractivity contribution < 1.29 is 4.79 Å². The smallest absolute Gasteiger partial charge is 0.253 e. The van der Waals surface area contributed by atoms with Crippen LogP contribution in [0, 0.1) is 0 Å². The molecule has 1 amide bonds. The molecule has 0 radical (unpaired) electrons. The first kappa shape index (κ1) is 15.6. The molecule has 0 bridgehead atoms. The van der Waals surface area contributed by atoms with Gasteiger partial charge in [-0.25, -0.2) is 0 Å². The summed E-state index contributed by atoms with van der Waals surface area (Å²) in [7, 11) is 0. The highest BCUT2D eigenvalue weighted by Gasteiger charge is 2.18. The summed E-state index contributed by atoms with van der Waals surface area (Å²) in [6.07, 6.45) is 6.78. The molecule has 1 aliphatic rings. The van der Waals surface area contributed by atoms with Crippen molar-refractivity contribution in [3.8, 4) is 16.8 Å². The van der Waals surface area contributed by atoms with Crippen LogP contribution >= 0.6 is 0 Å². The highest BCUT2D eigenvalue weighted by molar-refractivity contribution is 5.95. The van der Waals surface area contributed by atoms with E-state index in [1.807, 2.05) is 45.9 Å². The summed E-state index contributed by atoms with van der Waals surface area (Å²) in [5, 5.41) is 7.71. The standard InChI is InChI=1S/C20H20N4O/c25-20(23-10-2-1-3-11-23)18-8-4-6-16(12-18)17-7-5-9-19(13-17)24-14-21-22-15-24/h4-9,12-15H,1-3,10-11H2. The second kappa shape index (κ2) is 6.89. The molecule has 5 heteroatoms. The lowest BCUT2D eigenvalue weighted by Gasteiger charge is -2.26. The van der Waals surface area contributed by atoms with Gasteiger partial charge in [0.2, 0.25) is 0 Å². The Morgan fingerprint density at radius 2 is 1.52 bits per heavy atom. The summed E-state index contributed by atoms with van der Waals surface area (Å²) in [6, 6.07) is 16.0. The molecule has 1 aromatic heterocycles. The molecule has 0 N–H and O–H groups in total. The Kier molecular flexibility index (Phi) is 4.29. The molecular formula is C20H20N4O. The normalized spacial score (nSPS) is 14.5. The SMILES string of the molecule is O=C(c1cccc(-c2cccc(-n3cnnc3)c2)c1)N1CCCCC1. The van der Waals surface area contributed by atoms with E-state index in [4.69, 9.17) is 0 Å². The zero-order valence-electron chi connectivity index (χ0n) is 14.0. The van der Waals surface area contributed by atoms with Gasteiger partial charge < -0.3 is 4.90 Å². The molecule has 0 atom stereocenters. The molecule has 1 saturated heterocycles. The fourth-order valence-electron chi connectivity index (χ4n) is 3.29. The number of nitrogens with zero attached hydrogens (tertiary/aromatic N) is 4. The van der Waals surface area contributed by atoms with Crippen LogP contribution in [0.1, 0.15) is 29.6 Å².